The molecule has 0 bridgehead atoms. The van der Waals surface area contributed by atoms with Crippen molar-refractivity contribution < 1.29 is 0 Å². The van der Waals surface area contributed by atoms with E-state index >= 15 is 0 Å². The van der Waals surface area contributed by atoms with Gasteiger partial charge in [0.1, 0.15) is 5.15 Å². The lowest BCUT2D eigenvalue weighted by Crippen LogP contribution is -2.00. The zero-order valence-corrected chi connectivity index (χ0v) is 7.57. The van der Waals surface area contributed by atoms with Gasteiger partial charge in [0.2, 0.25) is 0 Å². The Hall–Kier alpha value is -1.35. The molecule has 0 atom stereocenters. The summed E-state index contributed by atoms with van der Waals surface area (Å²) in [5.74, 6) is 0. The topological polar surface area (TPSA) is 30.7 Å². The first-order valence-electron chi connectivity index (χ1n) is 3.84. The number of nitrogens with zero attached hydrogens (tertiary/aromatic N) is 3. The summed E-state index contributed by atoms with van der Waals surface area (Å²) in [5, 5.41) is 4.55. The summed E-state index contributed by atoms with van der Waals surface area (Å²) in [7, 11) is 0. The van der Waals surface area contributed by atoms with Gasteiger partial charge < -0.3 is 0 Å². The van der Waals surface area contributed by atoms with E-state index in [0.29, 0.717) is 11.7 Å². The van der Waals surface area contributed by atoms with E-state index in [4.69, 9.17) is 11.6 Å². The highest BCUT2D eigenvalue weighted by molar-refractivity contribution is 6.30. The van der Waals surface area contributed by atoms with Gasteiger partial charge in [-0.3, -0.25) is 4.68 Å². The van der Waals surface area contributed by atoms with Crippen molar-refractivity contribution in [1.29, 1.82) is 0 Å². The summed E-state index contributed by atoms with van der Waals surface area (Å²) in [6.45, 7) is 0.635. The van der Waals surface area contributed by atoms with E-state index < -0.39 is 0 Å². The summed E-state index contributed by atoms with van der Waals surface area (Å²) < 4.78 is 1.75. The third-order valence-electron chi connectivity index (χ3n) is 1.67. The van der Waals surface area contributed by atoms with Gasteiger partial charge >= 0.3 is 0 Å². The second-order valence-electron chi connectivity index (χ2n) is 2.59. The summed E-state index contributed by atoms with van der Waals surface area (Å²) in [6, 6.07) is 6.64. The van der Waals surface area contributed by atoms with Gasteiger partial charge in [0.25, 0.3) is 0 Å². The van der Waals surface area contributed by atoms with Crippen LogP contribution >= 0.6 is 11.6 Å². The molecule has 3 nitrogen and oxygen atoms in total. The van der Waals surface area contributed by atoms with Crippen LogP contribution in [0.4, 0.5) is 0 Å². The van der Waals surface area contributed by atoms with Crippen LogP contribution in [0, 0.1) is 6.07 Å². The van der Waals surface area contributed by atoms with Crippen LogP contribution < -0.4 is 0 Å². The number of aromatic nitrogens is 3. The molecule has 4 heteroatoms. The second kappa shape index (κ2) is 3.58. The van der Waals surface area contributed by atoms with E-state index in [1.165, 1.54) is 0 Å². The quantitative estimate of drug-likeness (QED) is 0.680. The van der Waals surface area contributed by atoms with Gasteiger partial charge in [0.05, 0.1) is 12.7 Å². The van der Waals surface area contributed by atoms with Crippen molar-refractivity contribution in [3.8, 4) is 0 Å². The minimum atomic E-state index is 0.526. The first-order valence-corrected chi connectivity index (χ1v) is 4.22. The molecule has 0 aliphatic heterocycles. The Kier molecular flexibility index (Phi) is 2.27. The maximum atomic E-state index is 5.88. The Balaban J connectivity index is 2.24. The Morgan fingerprint density at radius 1 is 1.54 bits per heavy atom. The molecule has 0 spiro atoms. The molecule has 2 aromatic rings. The number of hydrogen-bond donors (Lipinski definition) is 0. The first kappa shape index (κ1) is 8.26. The highest BCUT2D eigenvalue weighted by atomic mass is 35.5. The zero-order chi connectivity index (χ0) is 9.10. The molecule has 0 saturated heterocycles. The molecule has 0 fully saturated rings. The van der Waals surface area contributed by atoms with E-state index in [0.717, 1.165) is 5.56 Å². The predicted molar refractivity (Wildman–Crippen MR) is 49.4 cm³/mol. The van der Waals surface area contributed by atoms with Crippen molar-refractivity contribution in [3.05, 3.63) is 47.5 Å². The fourth-order valence-electron chi connectivity index (χ4n) is 1.06. The minimum absolute atomic E-state index is 0.526. The molecule has 2 rings (SSSR count). The zero-order valence-electron chi connectivity index (χ0n) is 6.81. The van der Waals surface area contributed by atoms with Crippen molar-refractivity contribution in [2.24, 2.45) is 0 Å². The van der Waals surface area contributed by atoms with Gasteiger partial charge in [-0.05, 0) is 6.07 Å². The Morgan fingerprint density at radius 2 is 2.46 bits per heavy atom. The van der Waals surface area contributed by atoms with E-state index in [9.17, 15) is 0 Å². The number of rotatable bonds is 2. The van der Waals surface area contributed by atoms with Crippen molar-refractivity contribution in [3.63, 3.8) is 0 Å². The molecule has 0 aliphatic rings. The van der Waals surface area contributed by atoms with Gasteiger partial charge in [-0.2, -0.15) is 5.10 Å². The maximum Gasteiger partial charge on any atom is 0.134 e. The van der Waals surface area contributed by atoms with Gasteiger partial charge in [-0.1, -0.05) is 17.7 Å². The molecule has 2 aromatic heterocycles. The largest absolute Gasteiger partial charge is 0.268 e. The number of hydrogen-bond acceptors (Lipinski definition) is 2. The second-order valence-corrected chi connectivity index (χ2v) is 2.95. The monoisotopic (exact) mass is 192 g/mol. The highest BCUT2D eigenvalue weighted by Gasteiger charge is 2.00. The molecule has 0 amide bonds. The standard InChI is InChI=1S/C9H7ClN3/c10-9-8(3-1-4-11-9)7-13-6-2-5-12-13/h1,3-6H,7H2. The highest BCUT2D eigenvalue weighted by Crippen LogP contribution is 2.12. The van der Waals surface area contributed by atoms with Gasteiger partial charge in [-0.15, -0.1) is 0 Å². The molecular formula is C9H7ClN3. The summed E-state index contributed by atoms with van der Waals surface area (Å²) >= 11 is 5.88. The SMILES string of the molecule is Clc1ncccc1Cn1c[c]cn1. The third kappa shape index (κ3) is 1.87. The molecule has 0 saturated carbocycles. The minimum Gasteiger partial charge on any atom is -0.268 e. The Morgan fingerprint density at radius 3 is 3.15 bits per heavy atom. The van der Waals surface area contributed by atoms with Crippen LogP contribution in [0.3, 0.4) is 0 Å². The van der Waals surface area contributed by atoms with Crippen LogP contribution in [0.15, 0.2) is 30.7 Å². The smallest absolute Gasteiger partial charge is 0.134 e. The average Bonchev–Trinajstić information content (AvgIpc) is 2.61. The molecule has 2 heterocycles. The molecule has 1 radical (unpaired) electrons. The summed E-state index contributed by atoms with van der Waals surface area (Å²) in [6.07, 6.45) is 5.05. The van der Waals surface area contributed by atoms with Crippen LogP contribution in [0.1, 0.15) is 5.56 Å². The first-order chi connectivity index (χ1) is 6.36. The van der Waals surface area contributed by atoms with Crippen molar-refractivity contribution >= 4 is 11.6 Å². The predicted octanol–water partition coefficient (Wildman–Crippen LogP) is 1.78. The summed E-state index contributed by atoms with van der Waals surface area (Å²) in [5.41, 5.74) is 0.960. The van der Waals surface area contributed by atoms with Crippen LogP contribution in [0.25, 0.3) is 0 Å². The normalized spacial score (nSPS) is 10.2. The lowest BCUT2D eigenvalue weighted by atomic mass is 10.3. The fourth-order valence-corrected chi connectivity index (χ4v) is 1.24. The molecular weight excluding hydrogens is 186 g/mol. The lowest BCUT2D eigenvalue weighted by molar-refractivity contribution is 0.685. The molecule has 0 unspecified atom stereocenters. The summed E-state index contributed by atoms with van der Waals surface area (Å²) in [4.78, 5) is 3.97. The molecule has 13 heavy (non-hydrogen) atoms. The van der Waals surface area contributed by atoms with Gasteiger partial charge in [-0.25, -0.2) is 4.98 Å². The van der Waals surface area contributed by atoms with E-state index in [-0.39, 0.29) is 0 Å². The molecule has 0 aromatic carbocycles. The lowest BCUT2D eigenvalue weighted by Gasteiger charge is -2.02. The van der Waals surface area contributed by atoms with Crippen LogP contribution in [-0.2, 0) is 6.54 Å². The third-order valence-corrected chi connectivity index (χ3v) is 2.01. The number of halogens is 1. The fraction of sp³-hybridized carbons (Fsp3) is 0.111. The maximum absolute atomic E-state index is 5.88. The van der Waals surface area contributed by atoms with E-state index in [1.54, 1.807) is 23.3 Å². The van der Waals surface area contributed by atoms with Crippen LogP contribution in [0.2, 0.25) is 5.15 Å². The van der Waals surface area contributed by atoms with Gasteiger partial charge in [0.15, 0.2) is 0 Å². The van der Waals surface area contributed by atoms with Crippen LogP contribution in [0.5, 0.6) is 0 Å². The molecule has 0 N–H and O–H groups in total. The number of pyridine rings is 1. The van der Waals surface area contributed by atoms with Crippen molar-refractivity contribution in [2.75, 3.05) is 0 Å². The Bertz CT molecular complexity index is 384. The van der Waals surface area contributed by atoms with Crippen LogP contribution in [-0.4, -0.2) is 14.8 Å². The van der Waals surface area contributed by atoms with Gasteiger partial charge in [0, 0.05) is 24.0 Å². The van der Waals surface area contributed by atoms with E-state index in [2.05, 4.69) is 16.1 Å². The molecule has 65 valence electrons. The Labute approximate surface area is 81.0 Å². The van der Waals surface area contributed by atoms with E-state index in [1.807, 2.05) is 12.1 Å². The average molecular weight is 193 g/mol. The van der Waals surface area contributed by atoms with Crippen molar-refractivity contribution in [1.82, 2.24) is 14.8 Å². The van der Waals surface area contributed by atoms with Crippen molar-refractivity contribution in [2.45, 2.75) is 6.54 Å². The molecule has 0 aliphatic carbocycles.